The van der Waals surface area contributed by atoms with Crippen LogP contribution in [0.5, 0.6) is 11.5 Å². The maximum atomic E-state index is 13.2. The Hall–Kier alpha value is -3.10. The van der Waals surface area contributed by atoms with Gasteiger partial charge in [0.1, 0.15) is 11.5 Å². The Morgan fingerprint density at radius 2 is 1.79 bits per heavy atom. The molecule has 34 heavy (non-hydrogen) atoms. The standard InChI is InChI=1S/C26H33FN4O3/c1-4-29(12-13-30-14-16-31(17-15-30)21-10-8-20(27)9-11-21)19-22-18-24(28-34-22)23-6-5-7-25(32-2)26(23)33-3/h5-11,18H,4,12-17,19H2,1-3H3. The van der Waals surface area contributed by atoms with Gasteiger partial charge in [0.05, 0.1) is 20.8 Å². The first-order valence-electron chi connectivity index (χ1n) is 11.7. The Balaban J connectivity index is 1.29. The van der Waals surface area contributed by atoms with Gasteiger partial charge in [-0.1, -0.05) is 18.1 Å². The van der Waals surface area contributed by atoms with Crippen LogP contribution in [-0.2, 0) is 6.54 Å². The lowest BCUT2D eigenvalue weighted by Gasteiger charge is -2.36. The molecule has 0 N–H and O–H groups in total. The summed E-state index contributed by atoms with van der Waals surface area (Å²) in [5, 5.41) is 4.27. The summed E-state index contributed by atoms with van der Waals surface area (Å²) in [6.45, 7) is 9.63. The predicted molar refractivity (Wildman–Crippen MR) is 131 cm³/mol. The molecule has 1 aliphatic rings. The van der Waals surface area contributed by atoms with Gasteiger partial charge in [0.2, 0.25) is 0 Å². The highest BCUT2D eigenvalue weighted by molar-refractivity contribution is 5.71. The Morgan fingerprint density at radius 1 is 1.03 bits per heavy atom. The number of rotatable bonds is 10. The van der Waals surface area contributed by atoms with Gasteiger partial charge in [0.15, 0.2) is 17.3 Å². The van der Waals surface area contributed by atoms with Crippen LogP contribution < -0.4 is 14.4 Å². The molecule has 0 unspecified atom stereocenters. The molecular weight excluding hydrogens is 435 g/mol. The van der Waals surface area contributed by atoms with Crippen molar-refractivity contribution in [2.45, 2.75) is 13.5 Å². The Labute approximate surface area is 200 Å². The van der Waals surface area contributed by atoms with Crippen LogP contribution in [0.15, 0.2) is 53.1 Å². The highest BCUT2D eigenvalue weighted by atomic mass is 19.1. The van der Waals surface area contributed by atoms with Crippen molar-refractivity contribution in [1.29, 1.82) is 0 Å². The number of para-hydroxylation sites is 1. The maximum absolute atomic E-state index is 13.2. The van der Waals surface area contributed by atoms with Gasteiger partial charge in [-0.3, -0.25) is 9.80 Å². The van der Waals surface area contributed by atoms with Crippen LogP contribution in [0.4, 0.5) is 10.1 Å². The average molecular weight is 469 g/mol. The lowest BCUT2D eigenvalue weighted by molar-refractivity contribution is 0.185. The van der Waals surface area contributed by atoms with E-state index in [1.807, 2.05) is 36.4 Å². The molecule has 1 saturated heterocycles. The summed E-state index contributed by atoms with van der Waals surface area (Å²) in [5.41, 5.74) is 2.67. The topological polar surface area (TPSA) is 54.2 Å². The van der Waals surface area contributed by atoms with Crippen LogP contribution in [0.25, 0.3) is 11.3 Å². The molecular formula is C26H33FN4O3. The summed E-state index contributed by atoms with van der Waals surface area (Å²) in [6, 6.07) is 14.5. The second-order valence-electron chi connectivity index (χ2n) is 8.39. The zero-order chi connectivity index (χ0) is 23.9. The van der Waals surface area contributed by atoms with Crippen molar-refractivity contribution in [3.63, 3.8) is 0 Å². The van der Waals surface area contributed by atoms with Crippen molar-refractivity contribution in [3.8, 4) is 22.8 Å². The normalized spacial score (nSPS) is 14.6. The van der Waals surface area contributed by atoms with E-state index < -0.39 is 0 Å². The van der Waals surface area contributed by atoms with Gasteiger partial charge in [0, 0.05) is 56.6 Å². The van der Waals surface area contributed by atoms with Crippen molar-refractivity contribution < 1.29 is 18.4 Å². The van der Waals surface area contributed by atoms with E-state index in [9.17, 15) is 4.39 Å². The lowest BCUT2D eigenvalue weighted by atomic mass is 10.1. The lowest BCUT2D eigenvalue weighted by Crippen LogP contribution is -2.48. The van der Waals surface area contributed by atoms with Gasteiger partial charge in [-0.15, -0.1) is 0 Å². The van der Waals surface area contributed by atoms with E-state index in [2.05, 4.69) is 26.8 Å². The minimum Gasteiger partial charge on any atom is -0.493 e. The summed E-state index contributed by atoms with van der Waals surface area (Å²) in [4.78, 5) is 7.16. The van der Waals surface area contributed by atoms with Crippen molar-refractivity contribution in [2.75, 3.05) is 64.9 Å². The van der Waals surface area contributed by atoms with Crippen LogP contribution in [0, 0.1) is 5.82 Å². The van der Waals surface area contributed by atoms with E-state index >= 15 is 0 Å². The number of benzene rings is 2. The van der Waals surface area contributed by atoms with Gasteiger partial charge in [-0.25, -0.2) is 4.39 Å². The van der Waals surface area contributed by atoms with Crippen LogP contribution in [0.1, 0.15) is 12.7 Å². The third-order valence-electron chi connectivity index (χ3n) is 6.36. The Bertz CT molecular complexity index is 1050. The highest BCUT2D eigenvalue weighted by Crippen LogP contribution is 2.37. The van der Waals surface area contributed by atoms with E-state index in [1.165, 1.54) is 12.1 Å². The molecule has 1 fully saturated rings. The predicted octanol–water partition coefficient (Wildman–Crippen LogP) is 4.14. The average Bonchev–Trinajstić information content (AvgIpc) is 3.35. The molecule has 0 atom stereocenters. The van der Waals surface area contributed by atoms with Crippen LogP contribution in [0.3, 0.4) is 0 Å². The smallest absolute Gasteiger partial charge is 0.170 e. The molecule has 1 aromatic heterocycles. The van der Waals surface area contributed by atoms with E-state index in [4.69, 9.17) is 14.0 Å². The molecule has 0 radical (unpaired) electrons. The number of hydrogen-bond donors (Lipinski definition) is 0. The number of nitrogens with zero attached hydrogens (tertiary/aromatic N) is 4. The molecule has 0 saturated carbocycles. The largest absolute Gasteiger partial charge is 0.493 e. The van der Waals surface area contributed by atoms with Gasteiger partial charge >= 0.3 is 0 Å². The number of piperazine rings is 1. The van der Waals surface area contributed by atoms with Crippen LogP contribution >= 0.6 is 0 Å². The summed E-state index contributed by atoms with van der Waals surface area (Å²) < 4.78 is 29.8. The quantitative estimate of drug-likeness (QED) is 0.443. The van der Waals surface area contributed by atoms with E-state index in [-0.39, 0.29) is 5.82 Å². The van der Waals surface area contributed by atoms with Gasteiger partial charge in [-0.05, 0) is 42.9 Å². The second-order valence-corrected chi connectivity index (χ2v) is 8.39. The van der Waals surface area contributed by atoms with Crippen molar-refractivity contribution in [2.24, 2.45) is 0 Å². The molecule has 2 aromatic carbocycles. The zero-order valence-corrected chi connectivity index (χ0v) is 20.2. The van der Waals surface area contributed by atoms with E-state index in [1.54, 1.807) is 14.2 Å². The summed E-state index contributed by atoms with van der Waals surface area (Å²) in [6.07, 6.45) is 0. The summed E-state index contributed by atoms with van der Waals surface area (Å²) in [7, 11) is 3.25. The third kappa shape index (κ3) is 5.69. The molecule has 0 spiro atoms. The monoisotopic (exact) mass is 468 g/mol. The van der Waals surface area contributed by atoms with Crippen molar-refractivity contribution in [3.05, 3.63) is 60.1 Å². The fourth-order valence-corrected chi connectivity index (χ4v) is 4.34. The second kappa shape index (κ2) is 11.4. The number of methoxy groups -OCH3 is 2. The Kier molecular flexibility index (Phi) is 8.03. The minimum atomic E-state index is -0.191. The van der Waals surface area contributed by atoms with Crippen molar-refractivity contribution in [1.82, 2.24) is 15.0 Å². The molecule has 182 valence electrons. The zero-order valence-electron chi connectivity index (χ0n) is 20.2. The molecule has 3 aromatic rings. The summed E-state index contributed by atoms with van der Waals surface area (Å²) >= 11 is 0. The number of aromatic nitrogens is 1. The molecule has 1 aliphatic heterocycles. The van der Waals surface area contributed by atoms with E-state index in [0.29, 0.717) is 18.0 Å². The van der Waals surface area contributed by atoms with Crippen LogP contribution in [-0.4, -0.2) is 75.0 Å². The summed E-state index contributed by atoms with van der Waals surface area (Å²) in [5.74, 6) is 1.95. The SMILES string of the molecule is CCN(CCN1CCN(c2ccc(F)cc2)CC1)Cc1cc(-c2cccc(OC)c2OC)no1. The number of ether oxygens (including phenoxy) is 2. The van der Waals surface area contributed by atoms with Gasteiger partial charge in [0.25, 0.3) is 0 Å². The molecule has 0 bridgehead atoms. The van der Waals surface area contributed by atoms with Gasteiger partial charge in [-0.2, -0.15) is 0 Å². The third-order valence-corrected chi connectivity index (χ3v) is 6.36. The number of hydrogen-bond acceptors (Lipinski definition) is 7. The fraction of sp³-hybridized carbons (Fsp3) is 0.423. The highest BCUT2D eigenvalue weighted by Gasteiger charge is 2.19. The number of likely N-dealkylation sites (N-methyl/N-ethyl adjacent to an activating group) is 1. The maximum Gasteiger partial charge on any atom is 0.170 e. The molecule has 0 amide bonds. The first-order chi connectivity index (χ1) is 16.6. The number of halogens is 1. The number of anilines is 1. The minimum absolute atomic E-state index is 0.191. The molecule has 7 nitrogen and oxygen atoms in total. The molecule has 2 heterocycles. The molecule has 8 heteroatoms. The Morgan fingerprint density at radius 3 is 2.47 bits per heavy atom. The molecule has 0 aliphatic carbocycles. The first-order valence-corrected chi connectivity index (χ1v) is 11.7. The van der Waals surface area contributed by atoms with E-state index in [0.717, 1.165) is 68.5 Å². The van der Waals surface area contributed by atoms with Crippen LogP contribution in [0.2, 0.25) is 0 Å². The van der Waals surface area contributed by atoms with Gasteiger partial charge < -0.3 is 18.9 Å². The fourth-order valence-electron chi connectivity index (χ4n) is 4.34. The first kappa shape index (κ1) is 24.0. The van der Waals surface area contributed by atoms with Crippen molar-refractivity contribution >= 4 is 5.69 Å². The molecule has 4 rings (SSSR count).